The first kappa shape index (κ1) is 24.5. The van der Waals surface area contributed by atoms with Crippen LogP contribution in [-0.2, 0) is 4.79 Å². The van der Waals surface area contributed by atoms with Gasteiger partial charge in [-0.2, -0.15) is 5.10 Å². The lowest BCUT2D eigenvalue weighted by atomic mass is 9.95. The quantitative estimate of drug-likeness (QED) is 0.190. The predicted molar refractivity (Wildman–Crippen MR) is 145 cm³/mol. The third-order valence-corrected chi connectivity index (χ3v) is 6.23. The molecule has 0 aliphatic carbocycles. The number of nitrogens with zero attached hydrogens (tertiary/aromatic N) is 2. The van der Waals surface area contributed by atoms with Gasteiger partial charge in [0.2, 0.25) is 0 Å². The number of fused-ring (bicyclic) bond motifs is 1. The molecule has 5 rings (SSSR count). The molecule has 1 aliphatic heterocycles. The second-order valence-electron chi connectivity index (χ2n) is 9.00. The highest BCUT2D eigenvalue weighted by atomic mass is 16.4. The zero-order chi connectivity index (χ0) is 27.0. The molecule has 0 saturated carbocycles. The van der Waals surface area contributed by atoms with Crippen LogP contribution >= 0.6 is 0 Å². The monoisotopic (exact) mass is 505 g/mol. The molecule has 1 heterocycles. The molecule has 0 atom stereocenters. The van der Waals surface area contributed by atoms with E-state index in [0.717, 1.165) is 16.0 Å². The molecule has 4 aromatic carbocycles. The van der Waals surface area contributed by atoms with E-state index in [1.807, 2.05) is 19.9 Å². The van der Waals surface area contributed by atoms with Gasteiger partial charge in [-0.25, -0.2) is 9.69 Å². The molecule has 8 heteroatoms. The average molecular weight is 506 g/mol. The minimum atomic E-state index is -1.08. The van der Waals surface area contributed by atoms with Gasteiger partial charge in [-0.05, 0) is 66.9 Å². The van der Waals surface area contributed by atoms with E-state index in [1.165, 1.54) is 12.1 Å². The molecule has 38 heavy (non-hydrogen) atoms. The molecule has 3 N–H and O–H groups in total. The number of imide groups is 1. The first-order valence-corrected chi connectivity index (χ1v) is 11.8. The molecule has 0 unspecified atom stereocenters. The Bertz CT molecular complexity index is 1640. The van der Waals surface area contributed by atoms with Crippen molar-refractivity contribution in [1.82, 2.24) is 0 Å². The molecule has 188 valence electrons. The largest absolute Gasteiger partial charge is 0.505 e. The molecule has 0 aromatic heterocycles. The van der Waals surface area contributed by atoms with Crippen molar-refractivity contribution in [3.63, 3.8) is 0 Å². The van der Waals surface area contributed by atoms with Gasteiger partial charge in [0.05, 0.1) is 22.5 Å². The highest BCUT2D eigenvalue weighted by molar-refractivity contribution is 6.57. The van der Waals surface area contributed by atoms with Crippen molar-refractivity contribution in [1.29, 1.82) is 0 Å². The maximum absolute atomic E-state index is 13.6. The number of carbonyl (C=O) groups is 3. The summed E-state index contributed by atoms with van der Waals surface area (Å²) < 4.78 is 0. The van der Waals surface area contributed by atoms with Crippen LogP contribution in [-0.4, -0.2) is 33.7 Å². The SMILES string of the molecule is Cc1cc(C)cc(N2C(=O)/C(=N\Nc3cccc(-c4cccc(C(=O)O)c4)c3O)c3ccccc3C2=O)c1. The summed E-state index contributed by atoms with van der Waals surface area (Å²) in [5.41, 5.74) is 6.93. The molecule has 0 radical (unpaired) electrons. The van der Waals surface area contributed by atoms with E-state index >= 15 is 0 Å². The molecule has 2 amide bonds. The molecule has 0 fully saturated rings. The molecule has 1 aliphatic rings. The molecule has 4 aromatic rings. The number of hydrogen-bond acceptors (Lipinski definition) is 6. The normalized spacial score (nSPS) is 13.9. The Morgan fingerprint density at radius 1 is 0.789 bits per heavy atom. The van der Waals surface area contributed by atoms with Gasteiger partial charge in [0.1, 0.15) is 5.75 Å². The lowest BCUT2D eigenvalue weighted by Crippen LogP contribution is -2.47. The van der Waals surface area contributed by atoms with E-state index in [0.29, 0.717) is 27.9 Å². The zero-order valence-electron chi connectivity index (χ0n) is 20.6. The van der Waals surface area contributed by atoms with Crippen LogP contribution in [0.15, 0.2) is 90.0 Å². The molecular formula is C30H23N3O5. The number of rotatable bonds is 5. The van der Waals surface area contributed by atoms with E-state index in [-0.39, 0.29) is 22.7 Å². The van der Waals surface area contributed by atoms with Crippen molar-refractivity contribution in [3.05, 3.63) is 113 Å². The summed E-state index contributed by atoms with van der Waals surface area (Å²) in [5.74, 6) is -2.30. The summed E-state index contributed by atoms with van der Waals surface area (Å²) in [6.45, 7) is 3.78. The summed E-state index contributed by atoms with van der Waals surface area (Å²) >= 11 is 0. The lowest BCUT2D eigenvalue weighted by Gasteiger charge is -2.28. The summed E-state index contributed by atoms with van der Waals surface area (Å²) in [7, 11) is 0. The number of carbonyl (C=O) groups excluding carboxylic acids is 2. The Hall–Kier alpha value is -5.24. The standard InChI is InChI=1S/C30H23N3O5/c1-17-13-18(2)15-21(14-17)33-28(35)24-10-4-3-9-23(24)26(29(33)36)32-31-25-12-6-11-22(27(25)34)19-7-5-8-20(16-19)30(37)38/h3-16,31,34H,1-2H3,(H,37,38)/b32-26-. The van der Waals surface area contributed by atoms with Gasteiger partial charge in [0, 0.05) is 11.1 Å². The number of carboxylic acid groups (broad SMARTS) is 1. The van der Waals surface area contributed by atoms with Crippen LogP contribution in [0, 0.1) is 13.8 Å². The number of aromatic hydroxyl groups is 1. The number of phenols is 1. The topological polar surface area (TPSA) is 119 Å². The van der Waals surface area contributed by atoms with Crippen molar-refractivity contribution in [2.24, 2.45) is 5.10 Å². The van der Waals surface area contributed by atoms with E-state index < -0.39 is 17.8 Å². The van der Waals surface area contributed by atoms with Crippen molar-refractivity contribution >= 4 is 34.9 Å². The highest BCUT2D eigenvalue weighted by Gasteiger charge is 2.37. The molecular weight excluding hydrogens is 482 g/mol. The summed E-state index contributed by atoms with van der Waals surface area (Å²) in [6, 6.07) is 23.3. The van der Waals surface area contributed by atoms with Gasteiger partial charge in [0.15, 0.2) is 5.71 Å². The molecule has 0 saturated heterocycles. The summed E-state index contributed by atoms with van der Waals surface area (Å²) in [6.07, 6.45) is 0. The van der Waals surface area contributed by atoms with E-state index in [1.54, 1.807) is 66.7 Å². The van der Waals surface area contributed by atoms with Gasteiger partial charge >= 0.3 is 5.97 Å². The minimum absolute atomic E-state index is 0.0111. The smallest absolute Gasteiger partial charge is 0.335 e. The third kappa shape index (κ3) is 4.39. The van der Waals surface area contributed by atoms with E-state index in [2.05, 4.69) is 10.5 Å². The third-order valence-electron chi connectivity index (χ3n) is 6.23. The maximum Gasteiger partial charge on any atom is 0.335 e. The molecule has 0 bridgehead atoms. The Balaban J connectivity index is 1.56. The summed E-state index contributed by atoms with van der Waals surface area (Å²) in [5, 5.41) is 24.6. The Labute approximate surface area is 218 Å². The minimum Gasteiger partial charge on any atom is -0.505 e. The number of anilines is 2. The predicted octanol–water partition coefficient (Wildman–Crippen LogP) is 5.38. The number of nitrogens with one attached hydrogen (secondary N) is 1. The van der Waals surface area contributed by atoms with Crippen LogP contribution in [0.2, 0.25) is 0 Å². The number of para-hydroxylation sites is 1. The fourth-order valence-electron chi connectivity index (χ4n) is 4.53. The van der Waals surface area contributed by atoms with E-state index in [9.17, 15) is 24.6 Å². The van der Waals surface area contributed by atoms with Crippen LogP contribution in [0.5, 0.6) is 5.75 Å². The van der Waals surface area contributed by atoms with Crippen molar-refractivity contribution in [2.45, 2.75) is 13.8 Å². The van der Waals surface area contributed by atoms with E-state index in [4.69, 9.17) is 0 Å². The summed E-state index contributed by atoms with van der Waals surface area (Å²) in [4.78, 5) is 39.5. The number of hydrogen-bond donors (Lipinski definition) is 3. The highest BCUT2D eigenvalue weighted by Crippen LogP contribution is 2.36. The zero-order valence-corrected chi connectivity index (χ0v) is 20.6. The van der Waals surface area contributed by atoms with Gasteiger partial charge in [-0.15, -0.1) is 0 Å². The van der Waals surface area contributed by atoms with Crippen LogP contribution in [0.4, 0.5) is 11.4 Å². The van der Waals surface area contributed by atoms with Crippen molar-refractivity contribution < 1.29 is 24.6 Å². The molecule has 0 spiro atoms. The number of carboxylic acids is 1. The lowest BCUT2D eigenvalue weighted by molar-refractivity contribution is -0.112. The number of amides is 2. The van der Waals surface area contributed by atoms with Gasteiger partial charge in [-0.3, -0.25) is 15.0 Å². The number of aryl methyl sites for hydroxylation is 2. The number of hydrazone groups is 1. The fraction of sp³-hybridized carbons (Fsp3) is 0.0667. The second-order valence-corrected chi connectivity index (χ2v) is 9.00. The second kappa shape index (κ2) is 9.67. The number of phenolic OH excluding ortho intramolecular Hbond substituents is 1. The Kier molecular flexibility index (Phi) is 6.22. The number of benzene rings is 4. The first-order chi connectivity index (χ1) is 18.2. The van der Waals surface area contributed by atoms with Gasteiger partial charge in [0.25, 0.3) is 11.8 Å². The Morgan fingerprint density at radius 2 is 1.45 bits per heavy atom. The van der Waals surface area contributed by atoms with Crippen molar-refractivity contribution in [3.8, 4) is 16.9 Å². The van der Waals surface area contributed by atoms with Crippen LogP contribution in [0.3, 0.4) is 0 Å². The van der Waals surface area contributed by atoms with Crippen LogP contribution in [0.25, 0.3) is 11.1 Å². The maximum atomic E-state index is 13.6. The van der Waals surface area contributed by atoms with Gasteiger partial charge < -0.3 is 10.2 Å². The molecule has 8 nitrogen and oxygen atoms in total. The number of aromatic carboxylic acids is 1. The first-order valence-electron chi connectivity index (χ1n) is 11.8. The van der Waals surface area contributed by atoms with Crippen LogP contribution in [0.1, 0.15) is 37.4 Å². The van der Waals surface area contributed by atoms with Gasteiger partial charge in [-0.1, -0.05) is 48.5 Å². The van der Waals surface area contributed by atoms with Crippen molar-refractivity contribution in [2.75, 3.05) is 10.3 Å². The Morgan fingerprint density at radius 3 is 2.16 bits per heavy atom. The van der Waals surface area contributed by atoms with Crippen LogP contribution < -0.4 is 10.3 Å². The average Bonchev–Trinajstić information content (AvgIpc) is 2.89. The fourth-order valence-corrected chi connectivity index (χ4v) is 4.53.